The summed E-state index contributed by atoms with van der Waals surface area (Å²) in [6.07, 6.45) is 10.7. The van der Waals surface area contributed by atoms with Crippen molar-refractivity contribution in [3.05, 3.63) is 83.9 Å². The Kier molecular flexibility index (Phi) is 8.46. The second-order valence-electron chi connectivity index (χ2n) is 7.38. The van der Waals surface area contributed by atoms with Crippen molar-refractivity contribution in [2.24, 2.45) is 11.8 Å². The second-order valence-corrected chi connectivity index (χ2v) is 7.38. The first kappa shape index (κ1) is 21.6. The first-order valence-electron chi connectivity index (χ1n) is 10.5. The van der Waals surface area contributed by atoms with Crippen LogP contribution in [0.3, 0.4) is 0 Å². The number of carbonyl (C=O) groups is 2. The molecule has 0 bridgehead atoms. The molecule has 1 fully saturated rings. The highest BCUT2D eigenvalue weighted by atomic mass is 16.5. The maximum Gasteiger partial charge on any atom is 0.310 e. The molecule has 4 nitrogen and oxygen atoms in total. The zero-order chi connectivity index (χ0) is 21.0. The van der Waals surface area contributed by atoms with Gasteiger partial charge < -0.3 is 9.47 Å². The summed E-state index contributed by atoms with van der Waals surface area (Å²) in [4.78, 5) is 25.1. The van der Waals surface area contributed by atoms with Gasteiger partial charge in [0.1, 0.15) is 13.2 Å². The number of hydrogen-bond acceptors (Lipinski definition) is 4. The van der Waals surface area contributed by atoms with Crippen molar-refractivity contribution < 1.29 is 19.1 Å². The smallest absolute Gasteiger partial charge is 0.310 e. The van der Waals surface area contributed by atoms with Gasteiger partial charge in [-0.25, -0.2) is 0 Å². The van der Waals surface area contributed by atoms with Crippen molar-refractivity contribution in [3.63, 3.8) is 0 Å². The molecule has 0 aliphatic heterocycles. The molecular weight excluding hydrogens is 376 g/mol. The second kappa shape index (κ2) is 11.8. The fourth-order valence-corrected chi connectivity index (χ4v) is 3.67. The van der Waals surface area contributed by atoms with Gasteiger partial charge in [0.2, 0.25) is 0 Å². The van der Waals surface area contributed by atoms with E-state index in [-0.39, 0.29) is 25.2 Å². The third kappa shape index (κ3) is 6.73. The van der Waals surface area contributed by atoms with Gasteiger partial charge in [-0.05, 0) is 36.1 Å². The average molecular weight is 405 g/mol. The molecule has 0 saturated heterocycles. The van der Waals surface area contributed by atoms with Crippen LogP contribution in [-0.4, -0.2) is 25.2 Å². The molecular formula is C26H28O4. The largest absolute Gasteiger partial charge is 0.461 e. The number of hydrogen-bond donors (Lipinski definition) is 0. The fourth-order valence-electron chi connectivity index (χ4n) is 3.67. The van der Waals surface area contributed by atoms with Gasteiger partial charge in [0.05, 0.1) is 11.8 Å². The molecule has 30 heavy (non-hydrogen) atoms. The lowest BCUT2D eigenvalue weighted by atomic mass is 9.79. The van der Waals surface area contributed by atoms with Crippen LogP contribution >= 0.6 is 0 Å². The number of esters is 2. The summed E-state index contributed by atoms with van der Waals surface area (Å²) in [7, 11) is 0. The van der Waals surface area contributed by atoms with Crippen molar-refractivity contribution >= 4 is 24.1 Å². The van der Waals surface area contributed by atoms with Crippen LogP contribution in [0.2, 0.25) is 0 Å². The van der Waals surface area contributed by atoms with E-state index in [9.17, 15) is 9.59 Å². The molecule has 1 saturated carbocycles. The highest BCUT2D eigenvalue weighted by molar-refractivity contribution is 5.82. The van der Waals surface area contributed by atoms with E-state index in [1.54, 1.807) is 0 Å². The minimum absolute atomic E-state index is 0.200. The maximum atomic E-state index is 12.6. The lowest BCUT2D eigenvalue weighted by Gasteiger charge is -2.28. The Morgan fingerprint density at radius 3 is 1.50 bits per heavy atom. The van der Waals surface area contributed by atoms with Gasteiger partial charge in [-0.2, -0.15) is 0 Å². The van der Waals surface area contributed by atoms with Crippen molar-refractivity contribution in [1.29, 1.82) is 0 Å². The van der Waals surface area contributed by atoms with Crippen molar-refractivity contribution in [2.75, 3.05) is 13.2 Å². The number of carbonyl (C=O) groups excluding carboxylic acids is 2. The van der Waals surface area contributed by atoms with Gasteiger partial charge in [0.15, 0.2) is 0 Å². The first-order valence-corrected chi connectivity index (χ1v) is 10.5. The molecule has 2 aromatic carbocycles. The monoisotopic (exact) mass is 404 g/mol. The first-order chi connectivity index (χ1) is 14.7. The predicted octanol–water partition coefficient (Wildman–Crippen LogP) is 5.31. The maximum absolute atomic E-state index is 12.6. The molecule has 2 aromatic rings. The zero-order valence-electron chi connectivity index (χ0n) is 17.1. The minimum atomic E-state index is -0.422. The molecule has 1 aliphatic rings. The van der Waals surface area contributed by atoms with Crippen LogP contribution in [0.15, 0.2) is 72.8 Å². The molecule has 2 unspecified atom stereocenters. The Morgan fingerprint density at radius 1 is 0.700 bits per heavy atom. The Hall–Kier alpha value is -3.14. The quantitative estimate of drug-likeness (QED) is 0.560. The summed E-state index contributed by atoms with van der Waals surface area (Å²) in [5.74, 6) is -1.47. The van der Waals surface area contributed by atoms with Crippen LogP contribution in [0.5, 0.6) is 0 Å². The molecule has 1 aliphatic carbocycles. The Bertz CT molecular complexity index is 782. The third-order valence-electron chi connectivity index (χ3n) is 5.23. The number of ether oxygens (including phenoxy) is 2. The number of rotatable bonds is 8. The summed E-state index contributed by atoms with van der Waals surface area (Å²) < 4.78 is 10.8. The lowest BCUT2D eigenvalue weighted by molar-refractivity contribution is -0.161. The van der Waals surface area contributed by atoms with Crippen molar-refractivity contribution in [1.82, 2.24) is 0 Å². The van der Waals surface area contributed by atoms with E-state index in [1.807, 2.05) is 85.0 Å². The molecule has 0 aromatic heterocycles. The SMILES string of the molecule is O=C(OC/C=C/c1ccccc1)C1CCCCC1C(=O)OC/C=C/c1ccccc1. The summed E-state index contributed by atoms with van der Waals surface area (Å²) in [6.45, 7) is 0.400. The van der Waals surface area contributed by atoms with E-state index in [1.165, 1.54) is 0 Å². The van der Waals surface area contributed by atoms with Gasteiger partial charge in [-0.1, -0.05) is 85.7 Å². The zero-order valence-corrected chi connectivity index (χ0v) is 17.1. The summed E-state index contributed by atoms with van der Waals surface area (Å²) in [5.41, 5.74) is 2.10. The van der Waals surface area contributed by atoms with Crippen LogP contribution in [0.4, 0.5) is 0 Å². The van der Waals surface area contributed by atoms with E-state index in [0.29, 0.717) is 12.8 Å². The van der Waals surface area contributed by atoms with E-state index in [2.05, 4.69) is 0 Å². The van der Waals surface area contributed by atoms with Crippen LogP contribution in [0.25, 0.3) is 12.2 Å². The molecule has 0 heterocycles. The standard InChI is InChI=1S/C26H28O4/c27-25(29-19-9-15-21-11-3-1-4-12-21)23-17-7-8-18-24(23)26(28)30-20-10-16-22-13-5-2-6-14-22/h1-6,9-16,23-24H,7-8,17-20H2/b15-9+,16-10+. The van der Waals surface area contributed by atoms with E-state index in [4.69, 9.17) is 9.47 Å². The Balaban J connectivity index is 1.47. The topological polar surface area (TPSA) is 52.6 Å². The molecule has 4 heteroatoms. The van der Waals surface area contributed by atoms with E-state index in [0.717, 1.165) is 24.0 Å². The van der Waals surface area contributed by atoms with Crippen molar-refractivity contribution in [3.8, 4) is 0 Å². The molecule has 2 atom stereocenters. The minimum Gasteiger partial charge on any atom is -0.461 e. The lowest BCUT2D eigenvalue weighted by Crippen LogP contribution is -2.35. The van der Waals surface area contributed by atoms with Gasteiger partial charge >= 0.3 is 11.9 Å². The van der Waals surface area contributed by atoms with Crippen LogP contribution in [0.1, 0.15) is 36.8 Å². The van der Waals surface area contributed by atoms with E-state index >= 15 is 0 Å². The normalized spacial score (nSPS) is 19.1. The average Bonchev–Trinajstić information content (AvgIpc) is 2.80. The highest BCUT2D eigenvalue weighted by Gasteiger charge is 2.37. The Labute approximate surface area is 178 Å². The van der Waals surface area contributed by atoms with E-state index < -0.39 is 11.8 Å². The molecule has 0 spiro atoms. The highest BCUT2D eigenvalue weighted by Crippen LogP contribution is 2.32. The van der Waals surface area contributed by atoms with Gasteiger partial charge in [0, 0.05) is 0 Å². The van der Waals surface area contributed by atoms with Gasteiger partial charge in [-0.15, -0.1) is 0 Å². The Morgan fingerprint density at radius 2 is 1.10 bits per heavy atom. The summed E-state index contributed by atoms with van der Waals surface area (Å²) >= 11 is 0. The van der Waals surface area contributed by atoms with Gasteiger partial charge in [0.25, 0.3) is 0 Å². The summed E-state index contributed by atoms with van der Waals surface area (Å²) in [5, 5.41) is 0. The fraction of sp³-hybridized carbons (Fsp3) is 0.308. The van der Waals surface area contributed by atoms with Crippen LogP contribution < -0.4 is 0 Å². The predicted molar refractivity (Wildman–Crippen MR) is 118 cm³/mol. The number of benzene rings is 2. The van der Waals surface area contributed by atoms with Crippen molar-refractivity contribution in [2.45, 2.75) is 25.7 Å². The molecule has 0 amide bonds. The molecule has 0 radical (unpaired) electrons. The van der Waals surface area contributed by atoms with Gasteiger partial charge in [-0.3, -0.25) is 9.59 Å². The molecule has 3 rings (SSSR count). The summed E-state index contributed by atoms with van der Waals surface area (Å²) in [6, 6.07) is 19.7. The van der Waals surface area contributed by atoms with Crippen LogP contribution in [-0.2, 0) is 19.1 Å². The van der Waals surface area contributed by atoms with Crippen LogP contribution in [0, 0.1) is 11.8 Å². The molecule has 156 valence electrons. The molecule has 0 N–H and O–H groups in total. The third-order valence-corrected chi connectivity index (χ3v) is 5.23.